The van der Waals surface area contributed by atoms with Crippen LogP contribution in [-0.2, 0) is 0 Å². The van der Waals surface area contributed by atoms with Crippen molar-refractivity contribution in [2.75, 3.05) is 0 Å². The van der Waals surface area contributed by atoms with Crippen LogP contribution in [0.1, 0.15) is 12.8 Å². The molecule has 1 aliphatic carbocycles. The Morgan fingerprint density at radius 3 is 2.73 bits per heavy atom. The van der Waals surface area contributed by atoms with Gasteiger partial charge in [0, 0.05) is 6.42 Å². The smallest absolute Gasteiger partial charge is 0.155 e. The van der Waals surface area contributed by atoms with Gasteiger partial charge in [0.05, 0.1) is 0 Å². The van der Waals surface area contributed by atoms with E-state index in [4.69, 9.17) is 0 Å². The average Bonchev–Trinajstić information content (AvgIpc) is 1.98. The van der Waals surface area contributed by atoms with Gasteiger partial charge in [-0.3, -0.25) is 0 Å². The minimum atomic E-state index is -0.736. The Bertz CT molecular complexity index is 228. The number of allylic oxidation sites excluding steroid dienone is 4. The van der Waals surface area contributed by atoms with E-state index in [9.17, 15) is 8.78 Å². The second-order valence-electron chi connectivity index (χ2n) is 2.15. The minimum Gasteiger partial charge on any atom is -0.209 e. The van der Waals surface area contributed by atoms with Crippen molar-refractivity contribution in [1.29, 1.82) is 0 Å². The van der Waals surface area contributed by atoms with Crippen LogP contribution < -0.4 is 0 Å². The largest absolute Gasteiger partial charge is 0.209 e. The SMILES string of the molecule is C=CSC1=CC(F)=C(F)CC1. The zero-order chi connectivity index (χ0) is 8.27. The highest BCUT2D eigenvalue weighted by molar-refractivity contribution is 8.05. The molecule has 0 N–H and O–H groups in total. The van der Waals surface area contributed by atoms with Crippen LogP contribution in [-0.4, -0.2) is 0 Å². The van der Waals surface area contributed by atoms with Gasteiger partial charge in [-0.05, 0) is 22.8 Å². The van der Waals surface area contributed by atoms with Crippen molar-refractivity contribution < 1.29 is 8.78 Å². The minimum absolute atomic E-state index is 0.179. The third-order valence-electron chi connectivity index (χ3n) is 1.37. The molecule has 11 heavy (non-hydrogen) atoms. The lowest BCUT2D eigenvalue weighted by molar-refractivity contribution is 0.515. The molecule has 0 aliphatic heterocycles. The molecule has 60 valence electrons. The molecule has 0 nitrogen and oxygen atoms in total. The molecule has 1 rings (SSSR count). The van der Waals surface area contributed by atoms with Gasteiger partial charge in [-0.2, -0.15) is 0 Å². The van der Waals surface area contributed by atoms with Crippen LogP contribution in [0.3, 0.4) is 0 Å². The molecule has 0 radical (unpaired) electrons. The summed E-state index contributed by atoms with van der Waals surface area (Å²) in [6.07, 6.45) is 1.99. The molecule has 0 spiro atoms. The first-order chi connectivity index (χ1) is 5.24. The summed E-state index contributed by atoms with van der Waals surface area (Å²) < 4.78 is 24.9. The zero-order valence-corrected chi connectivity index (χ0v) is 6.76. The van der Waals surface area contributed by atoms with Crippen molar-refractivity contribution in [3.63, 3.8) is 0 Å². The molecule has 0 saturated carbocycles. The Balaban J connectivity index is 2.72. The summed E-state index contributed by atoms with van der Waals surface area (Å²) in [5.74, 6) is -1.38. The molecule has 1 aliphatic rings. The van der Waals surface area contributed by atoms with Crippen molar-refractivity contribution in [3.8, 4) is 0 Å². The molecule has 0 bridgehead atoms. The fraction of sp³-hybridized carbons (Fsp3) is 0.250. The molecule has 0 fully saturated rings. The maximum Gasteiger partial charge on any atom is 0.155 e. The predicted molar refractivity (Wildman–Crippen MR) is 44.3 cm³/mol. The third kappa shape index (κ3) is 2.19. The Morgan fingerprint density at radius 2 is 2.18 bits per heavy atom. The number of thioether (sulfide) groups is 1. The van der Waals surface area contributed by atoms with E-state index in [1.165, 1.54) is 17.8 Å². The van der Waals surface area contributed by atoms with E-state index in [-0.39, 0.29) is 6.42 Å². The fourth-order valence-electron chi connectivity index (χ4n) is 0.844. The molecule has 0 unspecified atom stereocenters. The zero-order valence-electron chi connectivity index (χ0n) is 5.94. The normalized spacial score (nSPS) is 18.2. The summed E-state index contributed by atoms with van der Waals surface area (Å²) in [6, 6.07) is 0. The van der Waals surface area contributed by atoms with Crippen LogP contribution >= 0.6 is 11.8 Å². The van der Waals surface area contributed by atoms with Gasteiger partial charge in [-0.15, -0.1) is 11.8 Å². The van der Waals surface area contributed by atoms with E-state index in [0.29, 0.717) is 6.42 Å². The van der Waals surface area contributed by atoms with Crippen molar-refractivity contribution in [2.45, 2.75) is 12.8 Å². The van der Waals surface area contributed by atoms with Gasteiger partial charge >= 0.3 is 0 Å². The van der Waals surface area contributed by atoms with Gasteiger partial charge in [-0.25, -0.2) is 8.78 Å². The summed E-state index contributed by atoms with van der Waals surface area (Å²) >= 11 is 1.34. The molecule has 0 heterocycles. The maximum atomic E-state index is 12.5. The number of hydrogen-bond donors (Lipinski definition) is 0. The van der Waals surface area contributed by atoms with Crippen LogP contribution in [0.25, 0.3) is 0 Å². The standard InChI is InChI=1S/C8H8F2S/c1-2-11-6-3-4-7(9)8(10)5-6/h2,5H,1,3-4H2. The topological polar surface area (TPSA) is 0 Å². The van der Waals surface area contributed by atoms with Gasteiger partial charge in [-0.1, -0.05) is 6.58 Å². The number of rotatable bonds is 2. The van der Waals surface area contributed by atoms with Crippen molar-refractivity contribution >= 4 is 11.8 Å². The molecular weight excluding hydrogens is 166 g/mol. The Morgan fingerprint density at radius 1 is 1.45 bits per heavy atom. The van der Waals surface area contributed by atoms with Gasteiger partial charge in [0.25, 0.3) is 0 Å². The molecule has 0 aromatic heterocycles. The lowest BCUT2D eigenvalue weighted by atomic mass is 10.1. The first-order valence-corrected chi connectivity index (χ1v) is 4.14. The maximum absolute atomic E-state index is 12.5. The van der Waals surface area contributed by atoms with Gasteiger partial charge in [0.2, 0.25) is 0 Å². The highest BCUT2D eigenvalue weighted by atomic mass is 32.2. The van der Waals surface area contributed by atoms with Crippen molar-refractivity contribution in [2.24, 2.45) is 0 Å². The fourth-order valence-corrected chi connectivity index (χ4v) is 1.45. The van der Waals surface area contributed by atoms with E-state index in [1.807, 2.05) is 0 Å². The van der Waals surface area contributed by atoms with E-state index < -0.39 is 11.7 Å². The molecule has 3 heteroatoms. The lowest BCUT2D eigenvalue weighted by Crippen LogP contribution is -1.89. The van der Waals surface area contributed by atoms with Crippen LogP contribution in [0.4, 0.5) is 8.78 Å². The average molecular weight is 174 g/mol. The quantitative estimate of drug-likeness (QED) is 0.615. The Kier molecular flexibility index (Phi) is 2.88. The molecule has 0 atom stereocenters. The first kappa shape index (κ1) is 8.53. The van der Waals surface area contributed by atoms with Crippen LogP contribution in [0.5, 0.6) is 0 Å². The summed E-state index contributed by atoms with van der Waals surface area (Å²) in [5.41, 5.74) is 0. The molecule has 0 aromatic rings. The Hall–Kier alpha value is -0.570. The van der Waals surface area contributed by atoms with Gasteiger partial charge in [0.1, 0.15) is 5.83 Å². The van der Waals surface area contributed by atoms with Gasteiger partial charge in [0.15, 0.2) is 5.83 Å². The molecule has 0 saturated heterocycles. The number of hydrogen-bond acceptors (Lipinski definition) is 1. The van der Waals surface area contributed by atoms with Gasteiger partial charge < -0.3 is 0 Å². The summed E-state index contributed by atoms with van der Waals surface area (Å²) in [6.45, 7) is 3.49. The Labute approximate surface area is 68.7 Å². The van der Waals surface area contributed by atoms with E-state index in [0.717, 1.165) is 4.91 Å². The predicted octanol–water partition coefficient (Wildman–Crippen LogP) is 3.69. The third-order valence-corrected chi connectivity index (χ3v) is 2.16. The monoisotopic (exact) mass is 174 g/mol. The summed E-state index contributed by atoms with van der Waals surface area (Å²) in [7, 11) is 0. The van der Waals surface area contributed by atoms with E-state index in [2.05, 4.69) is 6.58 Å². The molecule has 0 amide bonds. The second-order valence-corrected chi connectivity index (χ2v) is 3.24. The summed E-state index contributed by atoms with van der Waals surface area (Å²) in [4.78, 5) is 0.832. The number of halogens is 2. The molecular formula is C8H8F2S. The highest BCUT2D eigenvalue weighted by Crippen LogP contribution is 2.32. The summed E-state index contributed by atoms with van der Waals surface area (Å²) in [5, 5.41) is 1.61. The van der Waals surface area contributed by atoms with Crippen molar-refractivity contribution in [3.05, 3.63) is 34.6 Å². The lowest BCUT2D eigenvalue weighted by Gasteiger charge is -2.08. The van der Waals surface area contributed by atoms with Crippen molar-refractivity contribution in [1.82, 2.24) is 0 Å². The molecule has 0 aromatic carbocycles. The second kappa shape index (κ2) is 3.72. The van der Waals surface area contributed by atoms with Crippen LogP contribution in [0, 0.1) is 0 Å². The van der Waals surface area contributed by atoms with E-state index in [1.54, 1.807) is 5.41 Å². The van der Waals surface area contributed by atoms with E-state index >= 15 is 0 Å². The highest BCUT2D eigenvalue weighted by Gasteiger charge is 2.12. The van der Waals surface area contributed by atoms with Crippen LogP contribution in [0.2, 0.25) is 0 Å². The first-order valence-electron chi connectivity index (χ1n) is 3.26. The van der Waals surface area contributed by atoms with Crippen LogP contribution in [0.15, 0.2) is 34.6 Å².